The molecule has 31 heavy (non-hydrogen) atoms. The Hall–Kier alpha value is -3.78. The third kappa shape index (κ3) is 4.70. The van der Waals surface area contributed by atoms with Gasteiger partial charge in [0.15, 0.2) is 0 Å². The number of carbonyl (C=O) groups excluding carboxylic acids is 2. The van der Waals surface area contributed by atoms with Gasteiger partial charge >= 0.3 is 0 Å². The van der Waals surface area contributed by atoms with Gasteiger partial charge in [0.2, 0.25) is 11.8 Å². The molecule has 1 heterocycles. The van der Waals surface area contributed by atoms with Crippen molar-refractivity contribution < 1.29 is 14.0 Å². The minimum atomic E-state index is -0.442. The summed E-state index contributed by atoms with van der Waals surface area (Å²) in [6, 6.07) is 21.2. The summed E-state index contributed by atoms with van der Waals surface area (Å²) in [5.41, 5.74) is 8.19. The Morgan fingerprint density at radius 3 is 1.94 bits per heavy atom. The van der Waals surface area contributed by atoms with Crippen molar-refractivity contribution in [3.8, 4) is 22.9 Å². The second kappa shape index (κ2) is 8.93. The number of hydrazine groups is 1. The van der Waals surface area contributed by atoms with Crippen LogP contribution in [0.25, 0.3) is 22.9 Å². The number of hydrogen-bond donors (Lipinski definition) is 2. The van der Waals surface area contributed by atoms with Crippen LogP contribution in [0.4, 0.5) is 0 Å². The van der Waals surface area contributed by atoms with Crippen molar-refractivity contribution in [3.05, 3.63) is 94.0 Å². The number of nitrogens with zero attached hydrogens (tertiary/aromatic N) is 2. The number of aryl methyl sites for hydroxylation is 1. The lowest BCUT2D eigenvalue weighted by Gasteiger charge is -2.08. The van der Waals surface area contributed by atoms with Crippen LogP contribution < -0.4 is 10.9 Å². The van der Waals surface area contributed by atoms with Crippen LogP contribution in [0.2, 0.25) is 0 Å². The third-order valence-corrected chi connectivity index (χ3v) is 5.12. The fourth-order valence-electron chi connectivity index (χ4n) is 2.88. The zero-order valence-electron chi connectivity index (χ0n) is 16.4. The number of halogens is 1. The van der Waals surface area contributed by atoms with Crippen LogP contribution in [-0.4, -0.2) is 22.0 Å². The summed E-state index contributed by atoms with van der Waals surface area (Å²) in [5, 5.41) is 8.22. The third-order valence-electron chi connectivity index (χ3n) is 4.59. The first-order valence-corrected chi connectivity index (χ1v) is 10.2. The molecule has 3 aromatic carbocycles. The van der Waals surface area contributed by atoms with Crippen LogP contribution in [-0.2, 0) is 0 Å². The van der Waals surface area contributed by atoms with Crippen molar-refractivity contribution >= 4 is 27.7 Å². The van der Waals surface area contributed by atoms with Crippen LogP contribution in [0.1, 0.15) is 26.3 Å². The molecule has 0 radical (unpaired) electrons. The second-order valence-corrected chi connectivity index (χ2v) is 7.64. The summed E-state index contributed by atoms with van der Waals surface area (Å²) in [5.74, 6) is -0.0606. The van der Waals surface area contributed by atoms with Crippen molar-refractivity contribution in [1.29, 1.82) is 0 Å². The van der Waals surface area contributed by atoms with E-state index in [2.05, 4.69) is 37.0 Å². The Labute approximate surface area is 186 Å². The predicted octanol–water partition coefficient (Wildman–Crippen LogP) is 4.55. The maximum atomic E-state index is 12.3. The molecular formula is C23H17BrN4O3. The average molecular weight is 477 g/mol. The van der Waals surface area contributed by atoms with E-state index in [1.165, 1.54) is 0 Å². The molecule has 0 fully saturated rings. The van der Waals surface area contributed by atoms with E-state index in [-0.39, 0.29) is 0 Å². The normalized spacial score (nSPS) is 10.5. The Kier molecular flexibility index (Phi) is 5.90. The van der Waals surface area contributed by atoms with Crippen LogP contribution in [0.15, 0.2) is 81.7 Å². The molecule has 0 spiro atoms. The highest BCUT2D eigenvalue weighted by molar-refractivity contribution is 9.10. The van der Waals surface area contributed by atoms with Gasteiger partial charge in [0.25, 0.3) is 11.8 Å². The van der Waals surface area contributed by atoms with E-state index in [4.69, 9.17) is 4.42 Å². The van der Waals surface area contributed by atoms with Gasteiger partial charge in [-0.25, -0.2) is 0 Å². The number of carbonyl (C=O) groups is 2. The summed E-state index contributed by atoms with van der Waals surface area (Å²) < 4.78 is 6.65. The lowest BCUT2D eigenvalue weighted by molar-refractivity contribution is 0.0846. The molecule has 0 saturated heterocycles. The highest BCUT2D eigenvalue weighted by Crippen LogP contribution is 2.26. The highest BCUT2D eigenvalue weighted by atomic mass is 79.9. The fraction of sp³-hybridized carbons (Fsp3) is 0.0435. The zero-order chi connectivity index (χ0) is 21.8. The molecule has 7 nitrogen and oxygen atoms in total. The van der Waals surface area contributed by atoms with E-state index in [9.17, 15) is 9.59 Å². The zero-order valence-corrected chi connectivity index (χ0v) is 18.0. The van der Waals surface area contributed by atoms with Crippen LogP contribution in [0.3, 0.4) is 0 Å². The average Bonchev–Trinajstić information content (AvgIpc) is 3.28. The molecule has 2 N–H and O–H groups in total. The molecular weight excluding hydrogens is 460 g/mol. The minimum Gasteiger partial charge on any atom is -0.416 e. The van der Waals surface area contributed by atoms with Gasteiger partial charge in [-0.2, -0.15) is 0 Å². The maximum Gasteiger partial charge on any atom is 0.269 e. The number of nitrogens with one attached hydrogen (secondary N) is 2. The van der Waals surface area contributed by atoms with Crippen molar-refractivity contribution in [2.45, 2.75) is 6.92 Å². The van der Waals surface area contributed by atoms with E-state index in [1.807, 2.05) is 31.2 Å². The minimum absolute atomic E-state index is 0.355. The van der Waals surface area contributed by atoms with Gasteiger partial charge in [-0.15, -0.1) is 10.2 Å². The van der Waals surface area contributed by atoms with Crippen LogP contribution in [0.5, 0.6) is 0 Å². The van der Waals surface area contributed by atoms with Gasteiger partial charge in [0.05, 0.1) is 0 Å². The number of rotatable bonds is 4. The molecule has 2 amide bonds. The lowest BCUT2D eigenvalue weighted by atomic mass is 10.1. The van der Waals surface area contributed by atoms with E-state index in [1.54, 1.807) is 48.5 Å². The van der Waals surface area contributed by atoms with Crippen molar-refractivity contribution in [2.24, 2.45) is 0 Å². The molecule has 0 bridgehead atoms. The number of amides is 2. The Balaban J connectivity index is 1.41. The molecule has 0 aliphatic carbocycles. The van der Waals surface area contributed by atoms with E-state index in [0.29, 0.717) is 28.5 Å². The van der Waals surface area contributed by atoms with Crippen LogP contribution >= 0.6 is 15.9 Å². The first-order chi connectivity index (χ1) is 15.0. The Morgan fingerprint density at radius 1 is 0.774 bits per heavy atom. The van der Waals surface area contributed by atoms with Gasteiger partial charge in [-0.3, -0.25) is 20.4 Å². The highest BCUT2D eigenvalue weighted by Gasteiger charge is 2.13. The molecule has 4 aromatic rings. The number of hydrogen-bond acceptors (Lipinski definition) is 5. The topological polar surface area (TPSA) is 97.1 Å². The monoisotopic (exact) mass is 476 g/mol. The first kappa shape index (κ1) is 20.5. The first-order valence-electron chi connectivity index (χ1n) is 9.37. The van der Waals surface area contributed by atoms with Crippen molar-refractivity contribution in [1.82, 2.24) is 21.0 Å². The SMILES string of the molecule is Cc1ccccc1-c1nnc(-c2ccc(C(=O)NNC(=O)c3ccc(Br)cc3)cc2)o1. The quantitative estimate of drug-likeness (QED) is 0.421. The van der Waals surface area contributed by atoms with E-state index < -0.39 is 11.8 Å². The lowest BCUT2D eigenvalue weighted by Crippen LogP contribution is -2.41. The summed E-state index contributed by atoms with van der Waals surface area (Å²) >= 11 is 3.31. The fourth-order valence-corrected chi connectivity index (χ4v) is 3.15. The number of benzene rings is 3. The molecule has 0 aliphatic heterocycles. The maximum absolute atomic E-state index is 12.3. The smallest absolute Gasteiger partial charge is 0.269 e. The summed E-state index contributed by atoms with van der Waals surface area (Å²) in [4.78, 5) is 24.4. The van der Waals surface area contributed by atoms with E-state index >= 15 is 0 Å². The predicted molar refractivity (Wildman–Crippen MR) is 119 cm³/mol. The van der Waals surface area contributed by atoms with Crippen molar-refractivity contribution in [3.63, 3.8) is 0 Å². The van der Waals surface area contributed by atoms with Gasteiger partial charge in [-0.05, 0) is 67.1 Å². The largest absolute Gasteiger partial charge is 0.416 e. The Morgan fingerprint density at radius 2 is 1.32 bits per heavy atom. The van der Waals surface area contributed by atoms with E-state index in [0.717, 1.165) is 15.6 Å². The van der Waals surface area contributed by atoms with Gasteiger partial charge in [-0.1, -0.05) is 34.1 Å². The molecule has 0 atom stereocenters. The summed E-state index contributed by atoms with van der Waals surface area (Å²) in [7, 11) is 0. The molecule has 0 aliphatic rings. The molecule has 154 valence electrons. The summed E-state index contributed by atoms with van der Waals surface area (Å²) in [6.07, 6.45) is 0. The van der Waals surface area contributed by atoms with Gasteiger partial charge in [0, 0.05) is 26.7 Å². The number of aromatic nitrogens is 2. The molecule has 4 rings (SSSR count). The molecule has 0 unspecified atom stereocenters. The van der Waals surface area contributed by atoms with Gasteiger partial charge < -0.3 is 4.42 Å². The molecule has 0 saturated carbocycles. The molecule has 8 heteroatoms. The van der Waals surface area contributed by atoms with Gasteiger partial charge in [0.1, 0.15) is 0 Å². The second-order valence-electron chi connectivity index (χ2n) is 6.72. The standard InChI is InChI=1S/C23H17BrN4O3/c1-14-4-2-3-5-19(14)23-28-27-22(31-23)17-8-6-15(7-9-17)20(29)25-26-21(30)16-10-12-18(24)13-11-16/h2-13H,1H3,(H,25,29)(H,26,30). The van der Waals surface area contributed by atoms with Crippen LogP contribution in [0, 0.1) is 6.92 Å². The summed E-state index contributed by atoms with van der Waals surface area (Å²) in [6.45, 7) is 1.97. The molecule has 1 aromatic heterocycles. The van der Waals surface area contributed by atoms with Crippen molar-refractivity contribution in [2.75, 3.05) is 0 Å². The Bertz CT molecular complexity index is 1230.